The van der Waals surface area contributed by atoms with Gasteiger partial charge in [-0.15, -0.1) is 0 Å². The van der Waals surface area contributed by atoms with Gasteiger partial charge in [-0.25, -0.2) is 4.98 Å². The third kappa shape index (κ3) is 4.40. The molecule has 6 heteroatoms. The Morgan fingerprint density at radius 2 is 2.47 bits per heavy atom. The highest BCUT2D eigenvalue weighted by Crippen LogP contribution is 2.22. The van der Waals surface area contributed by atoms with Crippen LogP contribution in [0.1, 0.15) is 6.42 Å². The summed E-state index contributed by atoms with van der Waals surface area (Å²) < 4.78 is 0.673. The molecule has 1 amide bonds. The smallest absolute Gasteiger partial charge is 0.225 e. The number of rotatable bonds is 4. The predicted octanol–water partition coefficient (Wildman–Crippen LogP) is 3.19. The second-order valence-corrected chi connectivity index (χ2v) is 4.99. The molecule has 0 bridgehead atoms. The van der Waals surface area contributed by atoms with Crippen molar-refractivity contribution in [2.75, 3.05) is 17.3 Å². The molecule has 0 fully saturated rings. The highest BCUT2D eigenvalue weighted by Gasteiger charge is 2.04. The second kappa shape index (κ2) is 6.35. The zero-order valence-electron chi connectivity index (χ0n) is 8.09. The quantitative estimate of drug-likeness (QED) is 0.869. The maximum atomic E-state index is 11.4. The Balaban J connectivity index is 2.57. The molecular formula is C9H10BrClN2OS. The van der Waals surface area contributed by atoms with Crippen LogP contribution in [0.3, 0.4) is 0 Å². The molecule has 3 nitrogen and oxygen atoms in total. The fraction of sp³-hybridized carbons (Fsp3) is 0.333. The van der Waals surface area contributed by atoms with E-state index in [1.807, 2.05) is 6.26 Å². The lowest BCUT2D eigenvalue weighted by Crippen LogP contribution is -2.12. The Hall–Kier alpha value is -0.260. The van der Waals surface area contributed by atoms with Gasteiger partial charge in [-0.3, -0.25) is 4.79 Å². The fourth-order valence-corrected chi connectivity index (χ4v) is 1.75. The molecule has 1 rings (SSSR count). The minimum absolute atomic E-state index is 0.0135. The molecule has 0 atom stereocenters. The molecule has 15 heavy (non-hydrogen) atoms. The van der Waals surface area contributed by atoms with Crippen molar-refractivity contribution in [2.24, 2.45) is 0 Å². The van der Waals surface area contributed by atoms with E-state index in [2.05, 4.69) is 26.2 Å². The number of amides is 1. The summed E-state index contributed by atoms with van der Waals surface area (Å²) in [5.74, 6) is 0.800. The third-order valence-electron chi connectivity index (χ3n) is 1.61. The molecule has 1 N–H and O–H groups in total. The summed E-state index contributed by atoms with van der Waals surface area (Å²) in [6.07, 6.45) is 4.00. The van der Waals surface area contributed by atoms with E-state index in [-0.39, 0.29) is 5.91 Å². The first-order chi connectivity index (χ1) is 7.13. The first-order valence-corrected chi connectivity index (χ1v) is 6.80. The number of aromatic nitrogens is 1. The van der Waals surface area contributed by atoms with Gasteiger partial charge in [0.25, 0.3) is 0 Å². The molecule has 0 radical (unpaired) electrons. The molecule has 0 aliphatic carbocycles. The minimum Gasteiger partial charge on any atom is -0.325 e. The molecule has 0 aliphatic rings. The van der Waals surface area contributed by atoms with Gasteiger partial charge in [0.2, 0.25) is 5.91 Å². The van der Waals surface area contributed by atoms with Crippen molar-refractivity contribution >= 4 is 50.9 Å². The zero-order valence-corrected chi connectivity index (χ0v) is 11.2. The first-order valence-electron chi connectivity index (χ1n) is 4.23. The van der Waals surface area contributed by atoms with Gasteiger partial charge in [0.05, 0.1) is 16.4 Å². The van der Waals surface area contributed by atoms with E-state index in [9.17, 15) is 4.79 Å². The van der Waals surface area contributed by atoms with Crippen LogP contribution in [0.4, 0.5) is 5.69 Å². The van der Waals surface area contributed by atoms with E-state index in [0.29, 0.717) is 21.7 Å². The number of nitrogens with one attached hydrogen (secondary N) is 1. The number of thioether (sulfide) groups is 1. The standard InChI is InChI=1S/C9H10BrClN2OS/c1-15-3-2-8(14)13-6-4-7(10)9(11)12-5-6/h4-5H,2-3H2,1H3,(H,13,14). The van der Waals surface area contributed by atoms with Gasteiger partial charge >= 0.3 is 0 Å². The van der Waals surface area contributed by atoms with Gasteiger partial charge in [-0.1, -0.05) is 11.6 Å². The largest absolute Gasteiger partial charge is 0.325 e. The van der Waals surface area contributed by atoms with Crippen molar-refractivity contribution in [3.63, 3.8) is 0 Å². The van der Waals surface area contributed by atoms with Crippen LogP contribution in [0.25, 0.3) is 0 Å². The van der Waals surface area contributed by atoms with E-state index >= 15 is 0 Å². The molecule has 0 unspecified atom stereocenters. The average Bonchev–Trinajstić information content (AvgIpc) is 2.20. The summed E-state index contributed by atoms with van der Waals surface area (Å²) in [6, 6.07) is 1.73. The van der Waals surface area contributed by atoms with E-state index in [1.54, 1.807) is 17.8 Å². The Morgan fingerprint density at radius 3 is 3.07 bits per heavy atom. The van der Waals surface area contributed by atoms with Gasteiger partial charge in [-0.05, 0) is 28.3 Å². The molecule has 0 aromatic carbocycles. The van der Waals surface area contributed by atoms with Crippen molar-refractivity contribution < 1.29 is 4.79 Å². The van der Waals surface area contributed by atoms with Crippen LogP contribution in [0.15, 0.2) is 16.7 Å². The number of pyridine rings is 1. The summed E-state index contributed by atoms with van der Waals surface area (Å²) in [4.78, 5) is 15.3. The molecule has 1 aromatic rings. The lowest BCUT2D eigenvalue weighted by molar-refractivity contribution is -0.115. The lowest BCUT2D eigenvalue weighted by Gasteiger charge is -2.04. The number of hydrogen-bond donors (Lipinski definition) is 1. The van der Waals surface area contributed by atoms with Crippen LogP contribution in [-0.4, -0.2) is 22.9 Å². The van der Waals surface area contributed by atoms with E-state index < -0.39 is 0 Å². The summed E-state index contributed by atoms with van der Waals surface area (Å²) in [5.41, 5.74) is 0.650. The highest BCUT2D eigenvalue weighted by atomic mass is 79.9. The summed E-state index contributed by atoms with van der Waals surface area (Å²) in [7, 11) is 0. The van der Waals surface area contributed by atoms with Gasteiger partial charge in [0.15, 0.2) is 0 Å². The van der Waals surface area contributed by atoms with Crippen molar-refractivity contribution in [1.29, 1.82) is 0 Å². The molecule has 1 heterocycles. The monoisotopic (exact) mass is 308 g/mol. The maximum Gasteiger partial charge on any atom is 0.225 e. The molecular weight excluding hydrogens is 300 g/mol. The topological polar surface area (TPSA) is 42.0 Å². The number of halogens is 2. The van der Waals surface area contributed by atoms with E-state index in [4.69, 9.17) is 11.6 Å². The molecule has 0 saturated heterocycles. The van der Waals surface area contributed by atoms with Crippen molar-refractivity contribution in [1.82, 2.24) is 4.98 Å². The van der Waals surface area contributed by atoms with Crippen LogP contribution in [0.5, 0.6) is 0 Å². The van der Waals surface area contributed by atoms with Crippen LogP contribution in [0, 0.1) is 0 Å². The fourth-order valence-electron chi connectivity index (χ4n) is 0.908. The molecule has 82 valence electrons. The third-order valence-corrected chi connectivity index (χ3v) is 3.36. The molecule has 1 aromatic heterocycles. The van der Waals surface area contributed by atoms with E-state index in [0.717, 1.165) is 5.75 Å². The van der Waals surface area contributed by atoms with Gasteiger partial charge in [0, 0.05) is 12.2 Å². The van der Waals surface area contributed by atoms with Gasteiger partial charge < -0.3 is 5.32 Å². The Labute approximate surface area is 106 Å². The number of nitrogens with zero attached hydrogens (tertiary/aromatic N) is 1. The normalized spacial score (nSPS) is 10.1. The van der Waals surface area contributed by atoms with Crippen LogP contribution in [-0.2, 0) is 4.79 Å². The summed E-state index contributed by atoms with van der Waals surface area (Å²) in [6.45, 7) is 0. The average molecular weight is 310 g/mol. The molecule has 0 spiro atoms. The predicted molar refractivity (Wildman–Crippen MR) is 68.6 cm³/mol. The highest BCUT2D eigenvalue weighted by molar-refractivity contribution is 9.10. The Kier molecular flexibility index (Phi) is 5.42. The summed E-state index contributed by atoms with van der Waals surface area (Å²) in [5, 5.41) is 3.13. The first kappa shape index (κ1) is 12.8. The van der Waals surface area contributed by atoms with Crippen molar-refractivity contribution in [3.05, 3.63) is 21.9 Å². The lowest BCUT2D eigenvalue weighted by atomic mass is 10.4. The van der Waals surface area contributed by atoms with Gasteiger partial charge in [-0.2, -0.15) is 11.8 Å². The number of anilines is 1. The Bertz CT molecular complexity index is 362. The summed E-state index contributed by atoms with van der Waals surface area (Å²) >= 11 is 10.6. The van der Waals surface area contributed by atoms with Crippen LogP contribution >= 0.6 is 39.3 Å². The zero-order chi connectivity index (χ0) is 11.3. The van der Waals surface area contributed by atoms with Crippen LogP contribution < -0.4 is 5.32 Å². The maximum absolute atomic E-state index is 11.4. The van der Waals surface area contributed by atoms with E-state index in [1.165, 1.54) is 6.20 Å². The molecule has 0 saturated carbocycles. The number of carbonyl (C=O) groups excluding carboxylic acids is 1. The van der Waals surface area contributed by atoms with Gasteiger partial charge in [0.1, 0.15) is 5.15 Å². The SMILES string of the molecule is CSCCC(=O)Nc1cnc(Cl)c(Br)c1. The van der Waals surface area contributed by atoms with Crippen molar-refractivity contribution in [2.45, 2.75) is 6.42 Å². The molecule has 0 aliphatic heterocycles. The number of carbonyl (C=O) groups is 1. The second-order valence-electron chi connectivity index (χ2n) is 2.79. The minimum atomic E-state index is -0.0135. The Morgan fingerprint density at radius 1 is 1.73 bits per heavy atom. The van der Waals surface area contributed by atoms with Crippen LogP contribution in [0.2, 0.25) is 5.15 Å². The van der Waals surface area contributed by atoms with Crippen molar-refractivity contribution in [3.8, 4) is 0 Å². The number of hydrogen-bond acceptors (Lipinski definition) is 3.